The van der Waals surface area contributed by atoms with E-state index in [1.54, 1.807) is 0 Å². The Bertz CT molecular complexity index is 483. The summed E-state index contributed by atoms with van der Waals surface area (Å²) < 4.78 is 0. The summed E-state index contributed by atoms with van der Waals surface area (Å²) in [6.45, 7) is 5.15. The summed E-state index contributed by atoms with van der Waals surface area (Å²) in [4.78, 5) is 14.7. The van der Waals surface area contributed by atoms with E-state index in [1.807, 2.05) is 0 Å². The molecule has 1 amide bonds. The summed E-state index contributed by atoms with van der Waals surface area (Å²) >= 11 is 0. The van der Waals surface area contributed by atoms with Crippen molar-refractivity contribution in [2.24, 2.45) is 0 Å². The molecule has 0 radical (unpaired) electrons. The van der Waals surface area contributed by atoms with E-state index in [2.05, 4.69) is 39.8 Å². The lowest BCUT2D eigenvalue weighted by Gasteiger charge is -2.25. The van der Waals surface area contributed by atoms with E-state index < -0.39 is 0 Å². The van der Waals surface area contributed by atoms with E-state index in [0.717, 1.165) is 32.5 Å². The van der Waals surface area contributed by atoms with Crippen LogP contribution in [0.2, 0.25) is 0 Å². The molecule has 3 rings (SSSR count). The Kier molecular flexibility index (Phi) is 4.88. The molecule has 2 aliphatic heterocycles. The van der Waals surface area contributed by atoms with Crippen LogP contribution in [0.3, 0.4) is 0 Å². The lowest BCUT2D eigenvalue weighted by atomic mass is 9.95. The number of carbonyl (C=O) groups is 1. The second kappa shape index (κ2) is 7.05. The molecule has 0 bridgehead atoms. The second-order valence-corrected chi connectivity index (χ2v) is 6.10. The zero-order valence-electron chi connectivity index (χ0n) is 12.6. The number of carbonyl (C=O) groups excluding carboxylic acids is 1. The molecule has 2 N–H and O–H groups in total. The topological polar surface area (TPSA) is 44.4 Å². The van der Waals surface area contributed by atoms with Crippen LogP contribution in [0.5, 0.6) is 0 Å². The van der Waals surface area contributed by atoms with Gasteiger partial charge in [-0.1, -0.05) is 24.3 Å². The van der Waals surface area contributed by atoms with Gasteiger partial charge in [-0.05, 0) is 56.4 Å². The molecule has 0 unspecified atom stereocenters. The summed E-state index contributed by atoms with van der Waals surface area (Å²) in [7, 11) is 0. The van der Waals surface area contributed by atoms with Crippen molar-refractivity contribution in [3.8, 4) is 0 Å². The fourth-order valence-corrected chi connectivity index (χ4v) is 3.28. The first-order chi connectivity index (χ1) is 10.3. The highest BCUT2D eigenvalue weighted by molar-refractivity contribution is 5.82. The van der Waals surface area contributed by atoms with Gasteiger partial charge in [-0.3, -0.25) is 4.79 Å². The number of nitrogens with zero attached hydrogens (tertiary/aromatic N) is 1. The molecule has 1 aromatic carbocycles. The normalized spacial score (nSPS) is 22.0. The number of nitrogens with one attached hydrogen (secondary N) is 2. The monoisotopic (exact) mass is 287 g/mol. The lowest BCUT2D eigenvalue weighted by Crippen LogP contribution is -2.48. The van der Waals surface area contributed by atoms with Gasteiger partial charge in [0.2, 0.25) is 5.91 Å². The first kappa shape index (κ1) is 14.5. The van der Waals surface area contributed by atoms with Gasteiger partial charge in [-0.15, -0.1) is 0 Å². The van der Waals surface area contributed by atoms with Crippen molar-refractivity contribution in [3.05, 3.63) is 35.4 Å². The van der Waals surface area contributed by atoms with Crippen LogP contribution in [0, 0.1) is 0 Å². The van der Waals surface area contributed by atoms with Crippen molar-refractivity contribution in [1.29, 1.82) is 0 Å². The van der Waals surface area contributed by atoms with Gasteiger partial charge in [0.15, 0.2) is 0 Å². The molecule has 0 aliphatic carbocycles. The van der Waals surface area contributed by atoms with Gasteiger partial charge >= 0.3 is 0 Å². The molecule has 2 heterocycles. The van der Waals surface area contributed by atoms with Gasteiger partial charge in [0, 0.05) is 13.1 Å². The maximum Gasteiger partial charge on any atom is 0.237 e. The van der Waals surface area contributed by atoms with Crippen LogP contribution in [-0.2, 0) is 17.8 Å². The Morgan fingerprint density at radius 3 is 2.81 bits per heavy atom. The predicted molar refractivity (Wildman–Crippen MR) is 84.1 cm³/mol. The molecular weight excluding hydrogens is 262 g/mol. The summed E-state index contributed by atoms with van der Waals surface area (Å²) in [6.07, 6.45) is 4.51. The van der Waals surface area contributed by atoms with Gasteiger partial charge in [0.25, 0.3) is 0 Å². The summed E-state index contributed by atoms with van der Waals surface area (Å²) in [5.41, 5.74) is 2.61. The molecular formula is C17H25N3O. The quantitative estimate of drug-likeness (QED) is 0.803. The van der Waals surface area contributed by atoms with Crippen molar-refractivity contribution in [2.75, 3.05) is 26.2 Å². The predicted octanol–water partition coefficient (Wildman–Crippen LogP) is 1.30. The highest BCUT2D eigenvalue weighted by Gasteiger charge is 2.23. The van der Waals surface area contributed by atoms with Crippen LogP contribution in [0.4, 0.5) is 0 Å². The number of rotatable bonds is 5. The molecule has 114 valence electrons. The molecule has 1 saturated heterocycles. The first-order valence-electron chi connectivity index (χ1n) is 8.13. The third kappa shape index (κ3) is 3.83. The fourth-order valence-electron chi connectivity index (χ4n) is 3.28. The molecule has 0 aromatic heterocycles. The fraction of sp³-hybridized carbons (Fsp3) is 0.588. The molecule has 4 heteroatoms. The SMILES string of the molecule is O=C(NCCCN1CCCC1)[C@@H]1Cc2ccccc2CN1. The number of hydrogen-bond donors (Lipinski definition) is 2. The zero-order chi connectivity index (χ0) is 14.5. The van der Waals surface area contributed by atoms with E-state index in [0.29, 0.717) is 0 Å². The smallest absolute Gasteiger partial charge is 0.237 e. The van der Waals surface area contributed by atoms with Gasteiger partial charge in [-0.2, -0.15) is 0 Å². The molecule has 4 nitrogen and oxygen atoms in total. The van der Waals surface area contributed by atoms with Crippen molar-refractivity contribution >= 4 is 5.91 Å². The van der Waals surface area contributed by atoms with Crippen LogP contribution in [0.15, 0.2) is 24.3 Å². The second-order valence-electron chi connectivity index (χ2n) is 6.10. The minimum absolute atomic E-state index is 0.0771. The van der Waals surface area contributed by atoms with Gasteiger partial charge in [0.1, 0.15) is 0 Å². The maximum absolute atomic E-state index is 12.2. The van der Waals surface area contributed by atoms with E-state index in [4.69, 9.17) is 0 Å². The first-order valence-corrected chi connectivity index (χ1v) is 8.13. The molecule has 0 saturated carbocycles. The lowest BCUT2D eigenvalue weighted by molar-refractivity contribution is -0.123. The Labute approximate surface area is 126 Å². The molecule has 1 aromatic rings. The van der Waals surface area contributed by atoms with Crippen molar-refractivity contribution in [2.45, 2.75) is 38.3 Å². The zero-order valence-corrected chi connectivity index (χ0v) is 12.6. The van der Waals surface area contributed by atoms with Crippen molar-refractivity contribution < 1.29 is 4.79 Å². The molecule has 1 fully saturated rings. The average Bonchev–Trinajstić information content (AvgIpc) is 3.04. The molecule has 2 aliphatic rings. The van der Waals surface area contributed by atoms with Crippen LogP contribution in [-0.4, -0.2) is 43.0 Å². The summed E-state index contributed by atoms with van der Waals surface area (Å²) in [5.74, 6) is 0.144. The number of benzene rings is 1. The molecule has 0 spiro atoms. The van der Waals surface area contributed by atoms with E-state index >= 15 is 0 Å². The Morgan fingerprint density at radius 1 is 1.24 bits per heavy atom. The van der Waals surface area contributed by atoms with Crippen LogP contribution in [0.25, 0.3) is 0 Å². The Morgan fingerprint density at radius 2 is 2.00 bits per heavy atom. The standard InChI is InChI=1S/C17H25N3O/c21-17(18-8-5-11-20-9-3-4-10-20)16-12-14-6-1-2-7-15(14)13-19-16/h1-2,6-7,16,19H,3-5,8-13H2,(H,18,21)/t16-/m0/s1. The Hall–Kier alpha value is -1.39. The van der Waals surface area contributed by atoms with Crippen LogP contribution >= 0.6 is 0 Å². The van der Waals surface area contributed by atoms with Crippen LogP contribution in [0.1, 0.15) is 30.4 Å². The number of likely N-dealkylation sites (tertiary alicyclic amines) is 1. The maximum atomic E-state index is 12.2. The third-order valence-corrected chi connectivity index (χ3v) is 4.55. The van der Waals surface area contributed by atoms with E-state index in [-0.39, 0.29) is 11.9 Å². The Balaban J connectivity index is 1.40. The van der Waals surface area contributed by atoms with Gasteiger partial charge in [-0.25, -0.2) is 0 Å². The minimum Gasteiger partial charge on any atom is -0.355 e. The largest absolute Gasteiger partial charge is 0.355 e. The van der Waals surface area contributed by atoms with E-state index in [1.165, 1.54) is 37.1 Å². The van der Waals surface area contributed by atoms with Crippen molar-refractivity contribution in [1.82, 2.24) is 15.5 Å². The number of hydrogen-bond acceptors (Lipinski definition) is 3. The van der Waals surface area contributed by atoms with Crippen LogP contribution < -0.4 is 10.6 Å². The third-order valence-electron chi connectivity index (χ3n) is 4.55. The van der Waals surface area contributed by atoms with Gasteiger partial charge < -0.3 is 15.5 Å². The highest BCUT2D eigenvalue weighted by atomic mass is 16.2. The minimum atomic E-state index is -0.0771. The van der Waals surface area contributed by atoms with Crippen molar-refractivity contribution in [3.63, 3.8) is 0 Å². The number of amides is 1. The number of fused-ring (bicyclic) bond motifs is 1. The average molecular weight is 287 g/mol. The van der Waals surface area contributed by atoms with E-state index in [9.17, 15) is 4.79 Å². The molecule has 21 heavy (non-hydrogen) atoms. The van der Waals surface area contributed by atoms with Gasteiger partial charge in [0.05, 0.1) is 6.04 Å². The summed E-state index contributed by atoms with van der Waals surface area (Å²) in [5, 5.41) is 6.41. The summed E-state index contributed by atoms with van der Waals surface area (Å²) in [6, 6.07) is 8.29. The highest BCUT2D eigenvalue weighted by Crippen LogP contribution is 2.16. The molecule has 1 atom stereocenters.